The summed E-state index contributed by atoms with van der Waals surface area (Å²) in [7, 11) is 0. The first-order valence-corrected chi connectivity index (χ1v) is 7.86. The van der Waals surface area contributed by atoms with Crippen LogP contribution >= 0.6 is 15.9 Å². The number of hydrogen-bond donors (Lipinski definition) is 1. The molecule has 21 heavy (non-hydrogen) atoms. The molecule has 4 nitrogen and oxygen atoms in total. The van der Waals surface area contributed by atoms with Crippen LogP contribution < -0.4 is 10.1 Å². The van der Waals surface area contributed by atoms with Crippen LogP contribution in [0, 0.1) is 13.8 Å². The Morgan fingerprint density at radius 2 is 2.10 bits per heavy atom. The summed E-state index contributed by atoms with van der Waals surface area (Å²) in [5, 5.41) is 3.35. The molecule has 1 heterocycles. The molecule has 1 aromatic carbocycles. The Labute approximate surface area is 134 Å². The number of ether oxygens (including phenoxy) is 1. The lowest BCUT2D eigenvalue weighted by molar-refractivity contribution is 0.435. The first-order chi connectivity index (χ1) is 10.1. The first-order valence-electron chi connectivity index (χ1n) is 7.07. The Bertz CT molecular complexity index is 616. The maximum absolute atomic E-state index is 5.78. The zero-order valence-electron chi connectivity index (χ0n) is 12.6. The lowest BCUT2D eigenvalue weighted by Gasteiger charge is -2.10. The Morgan fingerprint density at radius 3 is 2.81 bits per heavy atom. The van der Waals surface area contributed by atoms with Crippen LogP contribution in [0.15, 0.2) is 28.9 Å². The molecule has 0 spiro atoms. The van der Waals surface area contributed by atoms with Gasteiger partial charge in [0.1, 0.15) is 5.75 Å². The van der Waals surface area contributed by atoms with Gasteiger partial charge in [-0.15, -0.1) is 0 Å². The van der Waals surface area contributed by atoms with Gasteiger partial charge in [0.15, 0.2) is 0 Å². The minimum Gasteiger partial charge on any atom is -0.424 e. The molecular formula is C16H20BrN3O. The third-order valence-electron chi connectivity index (χ3n) is 3.15. The number of rotatable bonds is 6. The fourth-order valence-corrected chi connectivity index (χ4v) is 2.22. The average Bonchev–Trinajstić information content (AvgIpc) is 2.45. The molecule has 0 aliphatic rings. The quantitative estimate of drug-likeness (QED) is 0.795. The lowest BCUT2D eigenvalue weighted by atomic mass is 10.2. The first kappa shape index (κ1) is 15.9. The van der Waals surface area contributed by atoms with Crippen LogP contribution in [0.25, 0.3) is 0 Å². The summed E-state index contributed by atoms with van der Waals surface area (Å²) in [5.74, 6) is 0.764. The van der Waals surface area contributed by atoms with Gasteiger partial charge >= 0.3 is 6.01 Å². The molecule has 1 N–H and O–H groups in total. The van der Waals surface area contributed by atoms with Gasteiger partial charge in [-0.3, -0.25) is 0 Å². The van der Waals surface area contributed by atoms with E-state index in [2.05, 4.69) is 38.1 Å². The van der Waals surface area contributed by atoms with Gasteiger partial charge in [-0.2, -0.15) is 4.98 Å². The molecule has 0 amide bonds. The molecule has 1 aromatic heterocycles. The van der Waals surface area contributed by atoms with Crippen molar-refractivity contribution in [3.63, 3.8) is 0 Å². The summed E-state index contributed by atoms with van der Waals surface area (Å²) >= 11 is 3.44. The third-order valence-corrected chi connectivity index (χ3v) is 3.65. The number of hydrogen-bond acceptors (Lipinski definition) is 4. The summed E-state index contributed by atoms with van der Waals surface area (Å²) in [5.41, 5.74) is 3.09. The minimum absolute atomic E-state index is 0.382. The molecule has 0 fully saturated rings. The van der Waals surface area contributed by atoms with Crippen LogP contribution in [0.2, 0.25) is 0 Å². The van der Waals surface area contributed by atoms with E-state index >= 15 is 0 Å². The summed E-state index contributed by atoms with van der Waals surface area (Å²) in [6.45, 7) is 7.90. The van der Waals surface area contributed by atoms with Gasteiger partial charge in [0.05, 0.1) is 0 Å². The van der Waals surface area contributed by atoms with Crippen LogP contribution in [0.5, 0.6) is 11.8 Å². The van der Waals surface area contributed by atoms with Gasteiger partial charge in [0.2, 0.25) is 0 Å². The van der Waals surface area contributed by atoms with E-state index in [1.807, 2.05) is 38.2 Å². The second-order valence-corrected chi connectivity index (χ2v) is 5.87. The zero-order valence-corrected chi connectivity index (χ0v) is 14.2. The molecule has 0 atom stereocenters. The normalized spacial score (nSPS) is 10.7. The van der Waals surface area contributed by atoms with Gasteiger partial charge in [0.25, 0.3) is 0 Å². The highest BCUT2D eigenvalue weighted by Crippen LogP contribution is 2.26. The smallest absolute Gasteiger partial charge is 0.322 e. The lowest BCUT2D eigenvalue weighted by Crippen LogP contribution is -2.15. The maximum Gasteiger partial charge on any atom is 0.322 e. The van der Waals surface area contributed by atoms with E-state index in [1.165, 1.54) is 0 Å². The summed E-state index contributed by atoms with van der Waals surface area (Å²) in [4.78, 5) is 8.72. The molecule has 2 aromatic rings. The fourth-order valence-electron chi connectivity index (χ4n) is 1.88. The number of aromatic nitrogens is 2. The Kier molecular flexibility index (Phi) is 5.70. The van der Waals surface area contributed by atoms with E-state index in [0.717, 1.165) is 46.6 Å². The summed E-state index contributed by atoms with van der Waals surface area (Å²) < 4.78 is 6.75. The van der Waals surface area contributed by atoms with E-state index < -0.39 is 0 Å². The molecule has 0 aliphatic heterocycles. The van der Waals surface area contributed by atoms with E-state index in [4.69, 9.17) is 4.74 Å². The zero-order chi connectivity index (χ0) is 15.2. The molecule has 0 bridgehead atoms. The molecule has 0 unspecified atom stereocenters. The highest BCUT2D eigenvalue weighted by atomic mass is 79.9. The monoisotopic (exact) mass is 349 g/mol. The van der Waals surface area contributed by atoms with Gasteiger partial charge in [-0.05, 0) is 44.5 Å². The van der Waals surface area contributed by atoms with E-state index in [-0.39, 0.29) is 0 Å². The van der Waals surface area contributed by atoms with Crippen LogP contribution in [0.1, 0.15) is 30.2 Å². The molecular weight excluding hydrogens is 330 g/mol. The standard InChI is InChI=1S/C16H20BrN3O/c1-4-7-18-9-13-10-19-16(20-12(13)3)21-15-8-14(17)6-5-11(15)2/h5-6,8,10,18H,4,7,9H2,1-3H3. The predicted octanol–water partition coefficient (Wildman–Crippen LogP) is 4.15. The number of aryl methyl sites for hydroxylation is 2. The number of halogens is 1. The number of benzene rings is 1. The Hall–Kier alpha value is -1.46. The molecule has 2 rings (SSSR count). The van der Waals surface area contributed by atoms with Crippen molar-refractivity contribution in [2.24, 2.45) is 0 Å². The SMILES string of the molecule is CCCNCc1cnc(Oc2cc(Br)ccc2C)nc1C. The van der Waals surface area contributed by atoms with Crippen LogP contribution in [0.4, 0.5) is 0 Å². The van der Waals surface area contributed by atoms with Crippen LogP contribution in [0.3, 0.4) is 0 Å². The molecule has 0 saturated heterocycles. The van der Waals surface area contributed by atoms with Crippen molar-refractivity contribution in [2.75, 3.05) is 6.54 Å². The van der Waals surface area contributed by atoms with E-state index in [1.54, 1.807) is 0 Å². The van der Waals surface area contributed by atoms with Gasteiger partial charge in [0, 0.05) is 28.5 Å². The minimum atomic E-state index is 0.382. The van der Waals surface area contributed by atoms with Crippen molar-refractivity contribution < 1.29 is 4.74 Å². The van der Waals surface area contributed by atoms with Crippen LogP contribution in [-0.2, 0) is 6.54 Å². The van der Waals surface area contributed by atoms with E-state index in [9.17, 15) is 0 Å². The van der Waals surface area contributed by atoms with Gasteiger partial charge in [-0.1, -0.05) is 28.9 Å². The third kappa shape index (κ3) is 4.51. The van der Waals surface area contributed by atoms with E-state index in [0.29, 0.717) is 6.01 Å². The Morgan fingerprint density at radius 1 is 1.29 bits per heavy atom. The highest BCUT2D eigenvalue weighted by molar-refractivity contribution is 9.10. The van der Waals surface area contributed by atoms with Crippen molar-refractivity contribution in [1.29, 1.82) is 0 Å². The summed E-state index contributed by atoms with van der Waals surface area (Å²) in [6.07, 6.45) is 2.94. The summed E-state index contributed by atoms with van der Waals surface area (Å²) in [6, 6.07) is 6.28. The molecule has 5 heteroatoms. The number of nitrogens with zero attached hydrogens (tertiary/aromatic N) is 2. The second kappa shape index (κ2) is 7.52. The van der Waals surface area contributed by atoms with Crippen molar-refractivity contribution in [2.45, 2.75) is 33.7 Å². The van der Waals surface area contributed by atoms with Crippen molar-refractivity contribution in [3.05, 3.63) is 45.7 Å². The topological polar surface area (TPSA) is 47.0 Å². The second-order valence-electron chi connectivity index (χ2n) is 4.95. The number of nitrogens with one attached hydrogen (secondary N) is 1. The Balaban J connectivity index is 2.11. The van der Waals surface area contributed by atoms with Gasteiger partial charge in [-0.25, -0.2) is 4.98 Å². The van der Waals surface area contributed by atoms with Crippen molar-refractivity contribution in [1.82, 2.24) is 15.3 Å². The molecule has 0 saturated carbocycles. The molecule has 0 radical (unpaired) electrons. The fraction of sp³-hybridized carbons (Fsp3) is 0.375. The largest absolute Gasteiger partial charge is 0.424 e. The molecule has 112 valence electrons. The average molecular weight is 350 g/mol. The van der Waals surface area contributed by atoms with Crippen molar-refractivity contribution in [3.8, 4) is 11.8 Å². The maximum atomic E-state index is 5.78. The highest BCUT2D eigenvalue weighted by Gasteiger charge is 2.07. The van der Waals surface area contributed by atoms with Crippen molar-refractivity contribution >= 4 is 15.9 Å². The molecule has 0 aliphatic carbocycles. The van der Waals surface area contributed by atoms with Crippen LogP contribution in [-0.4, -0.2) is 16.5 Å². The van der Waals surface area contributed by atoms with Gasteiger partial charge < -0.3 is 10.1 Å². The predicted molar refractivity (Wildman–Crippen MR) is 87.7 cm³/mol.